The fourth-order valence-corrected chi connectivity index (χ4v) is 4.55. The first kappa shape index (κ1) is 23.0. The van der Waals surface area contributed by atoms with E-state index in [9.17, 15) is 9.59 Å². The van der Waals surface area contributed by atoms with E-state index in [1.807, 2.05) is 43.3 Å². The number of aryl methyl sites for hydroxylation is 1. The van der Waals surface area contributed by atoms with Crippen molar-refractivity contribution >= 4 is 40.3 Å². The third kappa shape index (κ3) is 4.74. The zero-order chi connectivity index (χ0) is 24.4. The minimum atomic E-state index is -0.325. The molecule has 2 amide bonds. The Morgan fingerprint density at radius 2 is 1.97 bits per heavy atom. The minimum Gasteiger partial charge on any atom is -0.338 e. The van der Waals surface area contributed by atoms with Crippen molar-refractivity contribution in [2.75, 3.05) is 18.4 Å². The molecule has 1 aromatic carbocycles. The van der Waals surface area contributed by atoms with Gasteiger partial charge in [-0.15, -0.1) is 0 Å². The molecule has 1 fully saturated rings. The van der Waals surface area contributed by atoms with E-state index in [1.54, 1.807) is 27.9 Å². The first-order chi connectivity index (χ1) is 17.0. The lowest BCUT2D eigenvalue weighted by atomic mass is 9.96. The number of nitrogens with zero attached hydrogens (tertiary/aromatic N) is 5. The highest BCUT2D eigenvalue weighted by Crippen LogP contribution is 2.28. The van der Waals surface area contributed by atoms with Crippen LogP contribution < -0.4 is 5.32 Å². The number of halogens is 1. The quantitative estimate of drug-likeness (QED) is 0.441. The number of piperidine rings is 1. The highest BCUT2D eigenvalue weighted by molar-refractivity contribution is 6.30. The fourth-order valence-electron chi connectivity index (χ4n) is 4.44. The van der Waals surface area contributed by atoms with E-state index in [1.165, 1.54) is 6.20 Å². The molecule has 0 aliphatic carbocycles. The molecular formula is C26H25ClN6O2. The first-order valence-corrected chi connectivity index (χ1v) is 12.0. The molecule has 1 N–H and O–H groups in total. The molecule has 4 aromatic rings. The Labute approximate surface area is 207 Å². The second-order valence-electron chi connectivity index (χ2n) is 8.56. The number of likely N-dealkylation sites (tertiary alicyclic amines) is 1. The Kier molecular flexibility index (Phi) is 6.46. The number of amides is 2. The molecule has 5 rings (SSSR count). The van der Waals surface area contributed by atoms with Crippen LogP contribution in [0.3, 0.4) is 0 Å². The molecule has 8 nitrogen and oxygen atoms in total. The number of rotatable bonds is 5. The van der Waals surface area contributed by atoms with Gasteiger partial charge in [0, 0.05) is 31.4 Å². The predicted octanol–water partition coefficient (Wildman–Crippen LogP) is 4.66. The van der Waals surface area contributed by atoms with E-state index in [4.69, 9.17) is 16.6 Å². The van der Waals surface area contributed by atoms with Crippen molar-refractivity contribution in [2.24, 2.45) is 5.92 Å². The molecule has 4 heterocycles. The van der Waals surface area contributed by atoms with Gasteiger partial charge in [-0.1, -0.05) is 41.9 Å². The average molecular weight is 489 g/mol. The molecule has 0 bridgehead atoms. The number of nitrogens with one attached hydrogen (secondary N) is 1. The van der Waals surface area contributed by atoms with E-state index in [0.29, 0.717) is 53.5 Å². The SMILES string of the molecule is CCn1ncc2c(C(=O)N3CCCC(C(=O)Nc4ccc(Cl)cn4)C3)cc(-c3ccccc3)nc21. The lowest BCUT2D eigenvalue weighted by molar-refractivity contribution is -0.121. The highest BCUT2D eigenvalue weighted by atomic mass is 35.5. The number of fused-ring (bicyclic) bond motifs is 1. The predicted molar refractivity (Wildman–Crippen MR) is 135 cm³/mol. The summed E-state index contributed by atoms with van der Waals surface area (Å²) >= 11 is 5.88. The zero-order valence-corrected chi connectivity index (χ0v) is 20.1. The van der Waals surface area contributed by atoms with Gasteiger partial charge in [0.25, 0.3) is 5.91 Å². The van der Waals surface area contributed by atoms with Crippen LogP contribution in [0.2, 0.25) is 5.02 Å². The summed E-state index contributed by atoms with van der Waals surface area (Å²) in [7, 11) is 0. The number of carbonyl (C=O) groups is 2. The molecule has 35 heavy (non-hydrogen) atoms. The standard InChI is InChI=1S/C26H25ClN6O2/c1-2-33-24-21(15-29-33)20(13-22(30-24)17-7-4-3-5-8-17)26(35)32-12-6-9-18(16-32)25(34)31-23-11-10-19(27)14-28-23/h3-5,7-8,10-11,13-15,18H,2,6,9,12,16H2,1H3,(H,28,31,34). The normalized spacial score (nSPS) is 15.8. The number of aromatic nitrogens is 4. The van der Waals surface area contributed by atoms with Crippen LogP contribution in [-0.4, -0.2) is 49.6 Å². The first-order valence-electron chi connectivity index (χ1n) is 11.7. The zero-order valence-electron chi connectivity index (χ0n) is 19.3. The largest absolute Gasteiger partial charge is 0.338 e. The lowest BCUT2D eigenvalue weighted by Gasteiger charge is -2.32. The van der Waals surface area contributed by atoms with E-state index in [0.717, 1.165) is 17.7 Å². The van der Waals surface area contributed by atoms with E-state index in [-0.39, 0.29) is 17.7 Å². The van der Waals surface area contributed by atoms with Crippen molar-refractivity contribution in [3.63, 3.8) is 0 Å². The summed E-state index contributed by atoms with van der Waals surface area (Å²) in [6.45, 7) is 3.57. The van der Waals surface area contributed by atoms with Crippen molar-refractivity contribution in [3.05, 3.63) is 71.5 Å². The Morgan fingerprint density at radius 3 is 2.71 bits per heavy atom. The van der Waals surface area contributed by atoms with Crippen molar-refractivity contribution in [2.45, 2.75) is 26.3 Å². The summed E-state index contributed by atoms with van der Waals surface area (Å²) in [5.74, 6) is -0.152. The number of hydrogen-bond acceptors (Lipinski definition) is 5. The molecule has 1 saturated heterocycles. The molecule has 1 unspecified atom stereocenters. The maximum absolute atomic E-state index is 13.8. The van der Waals surface area contributed by atoms with Crippen molar-refractivity contribution in [1.82, 2.24) is 24.6 Å². The van der Waals surface area contributed by atoms with E-state index < -0.39 is 0 Å². The van der Waals surface area contributed by atoms with Gasteiger partial charge in [0.15, 0.2) is 5.65 Å². The van der Waals surface area contributed by atoms with Gasteiger partial charge in [0.1, 0.15) is 5.82 Å². The molecule has 1 atom stereocenters. The Hall–Kier alpha value is -3.78. The van der Waals surface area contributed by atoms with Gasteiger partial charge in [-0.3, -0.25) is 9.59 Å². The summed E-state index contributed by atoms with van der Waals surface area (Å²) in [6, 6.07) is 15.0. The second kappa shape index (κ2) is 9.84. The van der Waals surface area contributed by atoms with Gasteiger partial charge in [-0.25, -0.2) is 14.6 Å². The van der Waals surface area contributed by atoms with E-state index >= 15 is 0 Å². The van der Waals surface area contributed by atoms with Crippen LogP contribution in [0.5, 0.6) is 0 Å². The number of anilines is 1. The monoisotopic (exact) mass is 488 g/mol. The molecular weight excluding hydrogens is 464 g/mol. The van der Waals surface area contributed by atoms with Crippen LogP contribution in [0.1, 0.15) is 30.1 Å². The molecule has 178 valence electrons. The Morgan fingerprint density at radius 1 is 1.14 bits per heavy atom. The summed E-state index contributed by atoms with van der Waals surface area (Å²) in [6.07, 6.45) is 4.64. The van der Waals surface area contributed by atoms with Crippen molar-refractivity contribution in [3.8, 4) is 11.3 Å². The molecule has 9 heteroatoms. The lowest BCUT2D eigenvalue weighted by Crippen LogP contribution is -2.43. The number of carbonyl (C=O) groups excluding carboxylic acids is 2. The van der Waals surface area contributed by atoms with E-state index in [2.05, 4.69) is 15.4 Å². The summed E-state index contributed by atoms with van der Waals surface area (Å²) < 4.78 is 1.80. The van der Waals surface area contributed by atoms with Crippen LogP contribution in [-0.2, 0) is 11.3 Å². The summed E-state index contributed by atoms with van der Waals surface area (Å²) in [5, 5.41) is 8.49. The van der Waals surface area contributed by atoms with Gasteiger partial charge in [-0.05, 0) is 38.0 Å². The molecule has 3 aromatic heterocycles. The molecule has 0 saturated carbocycles. The topological polar surface area (TPSA) is 93.0 Å². The van der Waals surface area contributed by atoms with Crippen LogP contribution >= 0.6 is 11.6 Å². The average Bonchev–Trinajstić information content (AvgIpc) is 3.33. The Balaban J connectivity index is 1.42. The highest BCUT2D eigenvalue weighted by Gasteiger charge is 2.30. The molecule has 1 aliphatic heterocycles. The smallest absolute Gasteiger partial charge is 0.254 e. The third-order valence-corrected chi connectivity index (χ3v) is 6.49. The fraction of sp³-hybridized carbons (Fsp3) is 0.269. The third-order valence-electron chi connectivity index (χ3n) is 6.27. The van der Waals surface area contributed by atoms with Crippen molar-refractivity contribution in [1.29, 1.82) is 0 Å². The van der Waals surface area contributed by atoms with Gasteiger partial charge in [-0.2, -0.15) is 5.10 Å². The van der Waals surface area contributed by atoms with Gasteiger partial charge >= 0.3 is 0 Å². The molecule has 0 spiro atoms. The summed E-state index contributed by atoms with van der Waals surface area (Å²) in [5.41, 5.74) is 2.88. The maximum Gasteiger partial charge on any atom is 0.254 e. The number of hydrogen-bond donors (Lipinski definition) is 1. The second-order valence-corrected chi connectivity index (χ2v) is 9.00. The van der Waals surface area contributed by atoms with Crippen LogP contribution in [0.4, 0.5) is 5.82 Å². The van der Waals surface area contributed by atoms with Gasteiger partial charge in [0.2, 0.25) is 5.91 Å². The number of benzene rings is 1. The summed E-state index contributed by atoms with van der Waals surface area (Å²) in [4.78, 5) is 37.4. The maximum atomic E-state index is 13.8. The minimum absolute atomic E-state index is 0.118. The molecule has 1 aliphatic rings. The van der Waals surface area contributed by atoms with Crippen LogP contribution in [0.15, 0.2) is 60.9 Å². The molecule has 0 radical (unpaired) electrons. The van der Waals surface area contributed by atoms with Crippen molar-refractivity contribution < 1.29 is 9.59 Å². The van der Waals surface area contributed by atoms with Gasteiger partial charge < -0.3 is 10.2 Å². The van der Waals surface area contributed by atoms with Gasteiger partial charge in [0.05, 0.1) is 33.8 Å². The van der Waals surface area contributed by atoms with Crippen LogP contribution in [0.25, 0.3) is 22.3 Å². The Bertz CT molecular complexity index is 1370. The number of pyridine rings is 2. The van der Waals surface area contributed by atoms with Crippen LogP contribution in [0, 0.1) is 5.92 Å².